The Hall–Kier alpha value is -0.900. The molecular weight excluding hydrogens is 198 g/mol. The summed E-state index contributed by atoms with van der Waals surface area (Å²) >= 11 is 1.52. The Labute approximate surface area is 87.8 Å². The molecule has 0 aliphatic rings. The van der Waals surface area contributed by atoms with Gasteiger partial charge in [-0.1, -0.05) is 13.8 Å². The second kappa shape index (κ2) is 4.55. The van der Waals surface area contributed by atoms with Crippen LogP contribution in [0.5, 0.6) is 0 Å². The van der Waals surface area contributed by atoms with Gasteiger partial charge in [0.25, 0.3) is 0 Å². The molecular formula is C10H15NO2S. The van der Waals surface area contributed by atoms with Gasteiger partial charge in [-0.05, 0) is 12.8 Å². The van der Waals surface area contributed by atoms with E-state index in [1.165, 1.54) is 11.3 Å². The van der Waals surface area contributed by atoms with E-state index in [4.69, 9.17) is 0 Å². The monoisotopic (exact) mass is 213 g/mol. The van der Waals surface area contributed by atoms with E-state index in [1.54, 1.807) is 6.20 Å². The van der Waals surface area contributed by atoms with Gasteiger partial charge in [0.1, 0.15) is 0 Å². The third kappa shape index (κ3) is 2.12. The number of carboxylic acid groups (broad SMARTS) is 1. The van der Waals surface area contributed by atoms with Gasteiger partial charge in [-0.2, -0.15) is 0 Å². The Bertz CT molecular complexity index is 291. The first kappa shape index (κ1) is 11.2. The van der Waals surface area contributed by atoms with Crippen LogP contribution in [0.4, 0.5) is 0 Å². The zero-order valence-corrected chi connectivity index (χ0v) is 9.30. The highest BCUT2D eigenvalue weighted by Gasteiger charge is 2.35. The highest BCUT2D eigenvalue weighted by molar-refractivity contribution is 7.09. The zero-order valence-electron chi connectivity index (χ0n) is 8.49. The van der Waals surface area contributed by atoms with E-state index in [9.17, 15) is 9.90 Å². The Morgan fingerprint density at radius 1 is 1.57 bits per heavy atom. The number of hydrogen-bond donors (Lipinski definition) is 1. The van der Waals surface area contributed by atoms with Crippen molar-refractivity contribution in [3.8, 4) is 0 Å². The number of carbonyl (C=O) groups is 1. The number of nitrogens with zero attached hydrogens (tertiary/aromatic N) is 1. The molecule has 14 heavy (non-hydrogen) atoms. The smallest absolute Gasteiger partial charge is 0.310 e. The fourth-order valence-electron chi connectivity index (χ4n) is 1.51. The highest BCUT2D eigenvalue weighted by Crippen LogP contribution is 2.31. The van der Waals surface area contributed by atoms with Crippen molar-refractivity contribution >= 4 is 17.3 Å². The molecule has 0 atom stereocenters. The van der Waals surface area contributed by atoms with Crippen LogP contribution in [0.2, 0.25) is 0 Å². The van der Waals surface area contributed by atoms with E-state index >= 15 is 0 Å². The number of thiazole rings is 1. The van der Waals surface area contributed by atoms with Crippen LogP contribution in [0.3, 0.4) is 0 Å². The first-order valence-corrected chi connectivity index (χ1v) is 5.64. The van der Waals surface area contributed by atoms with E-state index in [0.717, 1.165) is 5.01 Å². The maximum Gasteiger partial charge on any atom is 0.310 e. The van der Waals surface area contributed by atoms with Gasteiger partial charge in [0.15, 0.2) is 0 Å². The van der Waals surface area contributed by atoms with Crippen LogP contribution in [-0.4, -0.2) is 16.1 Å². The van der Waals surface area contributed by atoms with E-state index in [2.05, 4.69) is 4.98 Å². The minimum absolute atomic E-state index is 0.549. The predicted molar refractivity (Wildman–Crippen MR) is 56.5 cm³/mol. The summed E-state index contributed by atoms with van der Waals surface area (Å²) in [5.74, 6) is -0.710. The summed E-state index contributed by atoms with van der Waals surface area (Å²) in [7, 11) is 0. The Morgan fingerprint density at radius 3 is 2.57 bits per heavy atom. The molecule has 0 bridgehead atoms. The lowest BCUT2D eigenvalue weighted by molar-refractivity contribution is -0.149. The number of aliphatic carboxylic acids is 1. The standard InChI is InChI=1S/C10H15NO2S/c1-3-10(4-2,9(12)13)7-8-11-5-6-14-8/h5-6H,3-4,7H2,1-2H3,(H,12,13). The van der Waals surface area contributed by atoms with Gasteiger partial charge < -0.3 is 5.11 Å². The van der Waals surface area contributed by atoms with E-state index in [-0.39, 0.29) is 0 Å². The molecule has 0 saturated heterocycles. The van der Waals surface area contributed by atoms with Gasteiger partial charge in [-0.15, -0.1) is 11.3 Å². The summed E-state index contributed by atoms with van der Waals surface area (Å²) in [6.07, 6.45) is 3.57. The normalized spacial score (nSPS) is 11.6. The molecule has 0 radical (unpaired) electrons. The molecule has 0 saturated carbocycles. The lowest BCUT2D eigenvalue weighted by Crippen LogP contribution is -2.32. The van der Waals surface area contributed by atoms with Gasteiger partial charge in [0.2, 0.25) is 0 Å². The molecule has 1 N–H and O–H groups in total. The van der Waals surface area contributed by atoms with E-state index in [0.29, 0.717) is 19.3 Å². The molecule has 0 aliphatic carbocycles. The zero-order chi connectivity index (χ0) is 10.6. The Kier molecular flexibility index (Phi) is 3.63. The van der Waals surface area contributed by atoms with Crippen LogP contribution < -0.4 is 0 Å². The van der Waals surface area contributed by atoms with Gasteiger partial charge in [0, 0.05) is 18.0 Å². The topological polar surface area (TPSA) is 50.2 Å². The molecule has 0 amide bonds. The van der Waals surface area contributed by atoms with Crippen LogP contribution in [0.1, 0.15) is 31.7 Å². The molecule has 1 aromatic heterocycles. The quantitative estimate of drug-likeness (QED) is 0.817. The molecule has 4 heteroatoms. The molecule has 0 unspecified atom stereocenters. The summed E-state index contributed by atoms with van der Waals surface area (Å²) in [6, 6.07) is 0. The number of carboxylic acids is 1. The predicted octanol–water partition coefficient (Wildman–Crippen LogP) is 2.58. The van der Waals surface area contributed by atoms with Crippen LogP contribution in [0, 0.1) is 5.41 Å². The summed E-state index contributed by atoms with van der Waals surface area (Å²) in [5, 5.41) is 12.0. The molecule has 0 aromatic carbocycles. The van der Waals surface area contributed by atoms with Crippen LogP contribution >= 0.6 is 11.3 Å². The molecule has 0 aliphatic heterocycles. The average Bonchev–Trinajstić information content (AvgIpc) is 2.66. The van der Waals surface area contributed by atoms with Crippen molar-refractivity contribution in [2.75, 3.05) is 0 Å². The fraction of sp³-hybridized carbons (Fsp3) is 0.600. The first-order chi connectivity index (χ1) is 6.64. The summed E-state index contributed by atoms with van der Waals surface area (Å²) < 4.78 is 0. The van der Waals surface area contributed by atoms with Crippen LogP contribution in [0.15, 0.2) is 11.6 Å². The number of rotatable bonds is 5. The minimum atomic E-state index is -0.710. The molecule has 1 aromatic rings. The van der Waals surface area contributed by atoms with Crippen molar-refractivity contribution in [1.82, 2.24) is 4.98 Å². The largest absolute Gasteiger partial charge is 0.481 e. The van der Waals surface area contributed by atoms with Crippen molar-refractivity contribution in [3.63, 3.8) is 0 Å². The van der Waals surface area contributed by atoms with Gasteiger partial charge in [-0.3, -0.25) is 4.79 Å². The summed E-state index contributed by atoms with van der Waals surface area (Å²) in [5.41, 5.74) is -0.627. The maximum atomic E-state index is 11.2. The van der Waals surface area contributed by atoms with Crippen molar-refractivity contribution < 1.29 is 9.90 Å². The van der Waals surface area contributed by atoms with Crippen molar-refractivity contribution in [3.05, 3.63) is 16.6 Å². The molecule has 0 fully saturated rings. The summed E-state index contributed by atoms with van der Waals surface area (Å²) in [6.45, 7) is 3.84. The lowest BCUT2D eigenvalue weighted by Gasteiger charge is -2.25. The van der Waals surface area contributed by atoms with Crippen molar-refractivity contribution in [1.29, 1.82) is 0 Å². The summed E-state index contributed by atoms with van der Waals surface area (Å²) in [4.78, 5) is 15.3. The third-order valence-electron chi connectivity index (χ3n) is 2.78. The number of aromatic nitrogens is 1. The fourth-order valence-corrected chi connectivity index (χ4v) is 2.27. The second-order valence-corrected chi connectivity index (χ2v) is 4.37. The van der Waals surface area contributed by atoms with E-state index < -0.39 is 11.4 Å². The first-order valence-electron chi connectivity index (χ1n) is 4.76. The average molecular weight is 213 g/mol. The van der Waals surface area contributed by atoms with Gasteiger partial charge in [0.05, 0.1) is 10.4 Å². The minimum Gasteiger partial charge on any atom is -0.481 e. The van der Waals surface area contributed by atoms with Gasteiger partial charge >= 0.3 is 5.97 Å². The maximum absolute atomic E-state index is 11.2. The molecule has 0 spiro atoms. The van der Waals surface area contributed by atoms with Crippen LogP contribution in [-0.2, 0) is 11.2 Å². The Balaban J connectivity index is 2.83. The molecule has 1 rings (SSSR count). The SMILES string of the molecule is CCC(CC)(Cc1nccs1)C(=O)O. The molecule has 3 nitrogen and oxygen atoms in total. The van der Waals surface area contributed by atoms with Crippen molar-refractivity contribution in [2.45, 2.75) is 33.1 Å². The van der Waals surface area contributed by atoms with Gasteiger partial charge in [-0.25, -0.2) is 4.98 Å². The molecule has 1 heterocycles. The Morgan fingerprint density at radius 2 is 2.21 bits per heavy atom. The third-order valence-corrected chi connectivity index (χ3v) is 3.56. The highest BCUT2D eigenvalue weighted by atomic mass is 32.1. The molecule has 78 valence electrons. The second-order valence-electron chi connectivity index (χ2n) is 3.40. The lowest BCUT2D eigenvalue weighted by atomic mass is 9.79. The van der Waals surface area contributed by atoms with Crippen molar-refractivity contribution in [2.24, 2.45) is 5.41 Å². The van der Waals surface area contributed by atoms with E-state index in [1.807, 2.05) is 19.2 Å². The number of hydrogen-bond acceptors (Lipinski definition) is 3. The van der Waals surface area contributed by atoms with Crippen LogP contribution in [0.25, 0.3) is 0 Å².